The number of hydrogen-bond donors (Lipinski definition) is 1. The minimum atomic E-state index is 0.295. The number of allylic oxidation sites excluding steroid dienone is 2. The first-order valence-corrected chi connectivity index (χ1v) is 6.52. The van der Waals surface area contributed by atoms with Gasteiger partial charge in [-0.25, -0.2) is 0 Å². The van der Waals surface area contributed by atoms with Gasteiger partial charge in [-0.3, -0.25) is 4.99 Å². The third-order valence-corrected chi connectivity index (χ3v) is 3.59. The van der Waals surface area contributed by atoms with Crippen LogP contribution in [0.1, 0.15) is 43.9 Å². The first-order valence-electron chi connectivity index (χ1n) is 6.52. The Hall–Kier alpha value is -1.70. The number of benzene rings is 1. The van der Waals surface area contributed by atoms with Crippen LogP contribution >= 0.6 is 0 Å². The van der Waals surface area contributed by atoms with Crippen molar-refractivity contribution < 1.29 is 0 Å². The summed E-state index contributed by atoms with van der Waals surface area (Å²) < 4.78 is 0. The van der Waals surface area contributed by atoms with Gasteiger partial charge in [-0.05, 0) is 55.9 Å². The Balaban J connectivity index is 2.29. The predicted octanol–water partition coefficient (Wildman–Crippen LogP) is 4.12. The maximum absolute atomic E-state index is 7.11. The van der Waals surface area contributed by atoms with Crippen LogP contribution in [0.4, 0.5) is 0 Å². The molecule has 2 heteroatoms. The molecule has 94 valence electrons. The number of aryl methyl sites for hydroxylation is 1. The Morgan fingerprint density at radius 3 is 2.89 bits per heavy atom. The van der Waals surface area contributed by atoms with Gasteiger partial charge in [0.2, 0.25) is 0 Å². The highest BCUT2D eigenvalue weighted by atomic mass is 14.8. The SMILES string of the molecule is CC(=NC1CCCc2ccccc21)/C(C)=C/C=N. The van der Waals surface area contributed by atoms with E-state index in [1.807, 2.05) is 13.8 Å². The van der Waals surface area contributed by atoms with E-state index in [1.165, 1.54) is 30.2 Å². The molecule has 0 saturated carbocycles. The lowest BCUT2D eigenvalue weighted by Gasteiger charge is -2.23. The quantitative estimate of drug-likeness (QED) is 0.772. The van der Waals surface area contributed by atoms with Gasteiger partial charge < -0.3 is 5.41 Å². The highest BCUT2D eigenvalue weighted by Crippen LogP contribution is 2.32. The van der Waals surface area contributed by atoms with Crippen LogP contribution in [0.5, 0.6) is 0 Å². The van der Waals surface area contributed by atoms with Crippen molar-refractivity contribution in [2.45, 2.75) is 39.2 Å². The molecule has 1 aliphatic rings. The molecule has 1 aromatic rings. The van der Waals surface area contributed by atoms with Crippen molar-refractivity contribution in [3.63, 3.8) is 0 Å². The Labute approximate surface area is 109 Å². The number of hydrogen-bond acceptors (Lipinski definition) is 2. The van der Waals surface area contributed by atoms with Crippen LogP contribution in [0, 0.1) is 5.41 Å². The Morgan fingerprint density at radius 1 is 1.33 bits per heavy atom. The minimum absolute atomic E-state index is 0.295. The lowest BCUT2D eigenvalue weighted by Crippen LogP contribution is -2.10. The van der Waals surface area contributed by atoms with Crippen LogP contribution in [0.15, 0.2) is 40.9 Å². The van der Waals surface area contributed by atoms with Gasteiger partial charge in [-0.1, -0.05) is 24.3 Å². The molecule has 18 heavy (non-hydrogen) atoms. The van der Waals surface area contributed by atoms with Crippen LogP contribution in [0.25, 0.3) is 0 Å². The Bertz CT molecular complexity index is 498. The van der Waals surface area contributed by atoms with Gasteiger partial charge in [0.25, 0.3) is 0 Å². The zero-order valence-electron chi connectivity index (χ0n) is 11.1. The van der Waals surface area contributed by atoms with Crippen LogP contribution in [-0.4, -0.2) is 11.9 Å². The fourth-order valence-electron chi connectivity index (χ4n) is 2.44. The zero-order valence-corrected chi connectivity index (χ0v) is 11.1. The van der Waals surface area contributed by atoms with E-state index in [0.29, 0.717) is 6.04 Å². The van der Waals surface area contributed by atoms with E-state index in [4.69, 9.17) is 10.4 Å². The van der Waals surface area contributed by atoms with Gasteiger partial charge in [0.05, 0.1) is 6.04 Å². The molecule has 0 fully saturated rings. The summed E-state index contributed by atoms with van der Waals surface area (Å²) in [7, 11) is 0. The first-order chi connectivity index (χ1) is 8.72. The van der Waals surface area contributed by atoms with Crippen LogP contribution in [0.2, 0.25) is 0 Å². The Kier molecular flexibility index (Phi) is 4.08. The third-order valence-electron chi connectivity index (χ3n) is 3.59. The number of fused-ring (bicyclic) bond motifs is 1. The molecule has 0 bridgehead atoms. The lowest BCUT2D eigenvalue weighted by molar-refractivity contribution is 0.572. The molecule has 0 aromatic heterocycles. The van der Waals surface area contributed by atoms with E-state index in [-0.39, 0.29) is 0 Å². The maximum Gasteiger partial charge on any atom is 0.0755 e. The monoisotopic (exact) mass is 240 g/mol. The molecule has 0 aliphatic heterocycles. The van der Waals surface area contributed by atoms with E-state index in [9.17, 15) is 0 Å². The number of aliphatic imine (C=N–C) groups is 1. The molecule has 1 aromatic carbocycles. The zero-order chi connectivity index (χ0) is 13.0. The van der Waals surface area contributed by atoms with E-state index >= 15 is 0 Å². The molecule has 0 radical (unpaired) electrons. The number of rotatable bonds is 3. The molecule has 2 nitrogen and oxygen atoms in total. The van der Waals surface area contributed by atoms with Gasteiger partial charge in [-0.2, -0.15) is 0 Å². The summed E-state index contributed by atoms with van der Waals surface area (Å²) in [5.41, 5.74) is 4.94. The smallest absolute Gasteiger partial charge is 0.0755 e. The standard InChI is InChI=1S/C16H20N2/c1-12(10-11-17)13(2)18-16-9-5-7-14-6-3-4-8-15(14)16/h3-4,6,8,10-11,16-17H,5,7,9H2,1-2H3/b12-10+,17-11?,18-13?. The molecule has 2 rings (SSSR count). The van der Waals surface area contributed by atoms with E-state index in [1.54, 1.807) is 6.08 Å². The van der Waals surface area contributed by atoms with Crippen molar-refractivity contribution in [3.8, 4) is 0 Å². The highest BCUT2D eigenvalue weighted by Gasteiger charge is 2.18. The molecule has 0 saturated heterocycles. The van der Waals surface area contributed by atoms with Gasteiger partial charge in [0.15, 0.2) is 0 Å². The second-order valence-corrected chi connectivity index (χ2v) is 4.84. The first kappa shape index (κ1) is 12.7. The second-order valence-electron chi connectivity index (χ2n) is 4.84. The van der Waals surface area contributed by atoms with Crippen molar-refractivity contribution in [3.05, 3.63) is 47.0 Å². The second kappa shape index (κ2) is 5.76. The topological polar surface area (TPSA) is 36.2 Å². The molecule has 0 spiro atoms. The third kappa shape index (κ3) is 2.76. The summed E-state index contributed by atoms with van der Waals surface area (Å²) in [6.07, 6.45) is 6.64. The molecule has 1 aliphatic carbocycles. The normalized spacial score (nSPS) is 20.4. The van der Waals surface area contributed by atoms with Crippen LogP contribution < -0.4 is 0 Å². The fourth-order valence-corrected chi connectivity index (χ4v) is 2.44. The summed E-state index contributed by atoms with van der Waals surface area (Å²) in [6, 6.07) is 8.92. The fraction of sp³-hybridized carbons (Fsp3) is 0.375. The van der Waals surface area contributed by atoms with E-state index in [2.05, 4.69) is 24.3 Å². The van der Waals surface area contributed by atoms with Gasteiger partial charge in [-0.15, -0.1) is 0 Å². The molecule has 0 heterocycles. The summed E-state index contributed by atoms with van der Waals surface area (Å²) in [4.78, 5) is 4.84. The van der Waals surface area contributed by atoms with Crippen molar-refractivity contribution in [2.75, 3.05) is 0 Å². The average molecular weight is 240 g/mol. The van der Waals surface area contributed by atoms with Crippen molar-refractivity contribution in [1.82, 2.24) is 0 Å². The lowest BCUT2D eigenvalue weighted by atomic mass is 9.88. The molecular weight excluding hydrogens is 220 g/mol. The van der Waals surface area contributed by atoms with Crippen LogP contribution in [-0.2, 0) is 6.42 Å². The number of nitrogens with one attached hydrogen (secondary N) is 1. The molecule has 0 amide bonds. The predicted molar refractivity (Wildman–Crippen MR) is 77.8 cm³/mol. The van der Waals surface area contributed by atoms with E-state index < -0.39 is 0 Å². The van der Waals surface area contributed by atoms with Crippen LogP contribution in [0.3, 0.4) is 0 Å². The summed E-state index contributed by atoms with van der Waals surface area (Å²) in [5, 5.41) is 7.11. The summed E-state index contributed by atoms with van der Waals surface area (Å²) in [6.45, 7) is 4.05. The highest BCUT2D eigenvalue weighted by molar-refractivity contribution is 6.00. The average Bonchev–Trinajstić information content (AvgIpc) is 2.39. The molecule has 1 unspecified atom stereocenters. The van der Waals surface area contributed by atoms with Gasteiger partial charge in [0.1, 0.15) is 0 Å². The molecular formula is C16H20N2. The molecule has 1 atom stereocenters. The molecule has 1 N–H and O–H groups in total. The van der Waals surface area contributed by atoms with Crippen molar-refractivity contribution in [2.24, 2.45) is 4.99 Å². The van der Waals surface area contributed by atoms with Crippen molar-refractivity contribution in [1.29, 1.82) is 5.41 Å². The Morgan fingerprint density at radius 2 is 2.11 bits per heavy atom. The summed E-state index contributed by atoms with van der Waals surface area (Å²) in [5.74, 6) is 0. The van der Waals surface area contributed by atoms with Gasteiger partial charge in [0, 0.05) is 11.9 Å². The maximum atomic E-state index is 7.11. The number of nitrogens with zero attached hydrogens (tertiary/aromatic N) is 1. The largest absolute Gasteiger partial charge is 0.309 e. The van der Waals surface area contributed by atoms with Crippen molar-refractivity contribution >= 4 is 11.9 Å². The van der Waals surface area contributed by atoms with Gasteiger partial charge >= 0.3 is 0 Å². The van der Waals surface area contributed by atoms with E-state index in [0.717, 1.165) is 17.7 Å². The summed E-state index contributed by atoms with van der Waals surface area (Å²) >= 11 is 0. The minimum Gasteiger partial charge on any atom is -0.309 e.